The smallest absolute Gasteiger partial charge is 0.253 e. The van der Waals surface area contributed by atoms with Crippen LogP contribution in [0.1, 0.15) is 23.2 Å². The second-order valence-electron chi connectivity index (χ2n) is 4.70. The van der Waals surface area contributed by atoms with Gasteiger partial charge in [0, 0.05) is 43.2 Å². The quantitative estimate of drug-likeness (QED) is 0.773. The number of halogens is 1. The molecule has 5 nitrogen and oxygen atoms in total. The molecule has 0 aliphatic carbocycles. The van der Waals surface area contributed by atoms with Crippen LogP contribution in [0, 0.1) is 0 Å². The number of amides is 1. The van der Waals surface area contributed by atoms with Crippen LogP contribution in [0.4, 0.5) is 5.69 Å². The van der Waals surface area contributed by atoms with E-state index in [-0.39, 0.29) is 5.91 Å². The molecule has 1 aromatic carbocycles. The fraction of sp³-hybridized carbons (Fsp3) is 0.333. The second-order valence-corrected chi connectivity index (χ2v) is 5.14. The molecule has 0 aliphatic rings. The Morgan fingerprint density at radius 1 is 1.38 bits per heavy atom. The van der Waals surface area contributed by atoms with Gasteiger partial charge in [0.05, 0.1) is 11.9 Å². The van der Waals surface area contributed by atoms with E-state index in [0.717, 1.165) is 25.1 Å². The first-order valence-corrected chi connectivity index (χ1v) is 7.30. The van der Waals surface area contributed by atoms with E-state index in [9.17, 15) is 4.79 Å². The molecule has 0 bridgehead atoms. The summed E-state index contributed by atoms with van der Waals surface area (Å²) in [5.41, 5.74) is 1.34. The van der Waals surface area contributed by atoms with Crippen molar-refractivity contribution in [2.45, 2.75) is 19.4 Å². The molecular weight excluding hydrogens is 288 g/mol. The summed E-state index contributed by atoms with van der Waals surface area (Å²) in [4.78, 5) is 16.1. The van der Waals surface area contributed by atoms with Crippen molar-refractivity contribution in [3.63, 3.8) is 0 Å². The normalized spacial score (nSPS) is 10.4. The molecule has 112 valence electrons. The summed E-state index contributed by atoms with van der Waals surface area (Å²) in [6, 6.07) is 5.24. The predicted molar refractivity (Wildman–Crippen MR) is 84.8 cm³/mol. The van der Waals surface area contributed by atoms with E-state index in [0.29, 0.717) is 17.1 Å². The van der Waals surface area contributed by atoms with E-state index in [2.05, 4.69) is 15.6 Å². The number of unbranched alkanes of at least 4 members (excludes halogenated alkanes) is 1. The van der Waals surface area contributed by atoms with Gasteiger partial charge in [0.15, 0.2) is 0 Å². The third-order valence-corrected chi connectivity index (χ3v) is 3.42. The highest BCUT2D eigenvalue weighted by molar-refractivity contribution is 6.31. The molecule has 2 aromatic rings. The minimum atomic E-state index is -0.107. The molecule has 21 heavy (non-hydrogen) atoms. The van der Waals surface area contributed by atoms with E-state index < -0.39 is 0 Å². The number of aryl methyl sites for hydroxylation is 1. The number of imidazole rings is 1. The Morgan fingerprint density at radius 3 is 2.95 bits per heavy atom. The maximum absolute atomic E-state index is 12.1. The van der Waals surface area contributed by atoms with Gasteiger partial charge in [-0.05, 0) is 31.0 Å². The standard InChI is InChI=1S/C15H19ClN4O/c1-17-14-5-4-12(16)10-13(14)15(21)19-6-2-3-8-20-9-7-18-11-20/h4-5,7,9-11,17H,2-3,6,8H2,1H3,(H,19,21). The summed E-state index contributed by atoms with van der Waals surface area (Å²) >= 11 is 5.94. The van der Waals surface area contributed by atoms with Gasteiger partial charge in [-0.2, -0.15) is 0 Å². The van der Waals surface area contributed by atoms with Gasteiger partial charge in [0.2, 0.25) is 0 Å². The van der Waals surface area contributed by atoms with Gasteiger partial charge in [-0.25, -0.2) is 4.98 Å². The lowest BCUT2D eigenvalue weighted by Gasteiger charge is -2.10. The van der Waals surface area contributed by atoms with Crippen LogP contribution in [0.2, 0.25) is 5.02 Å². The number of aromatic nitrogens is 2. The van der Waals surface area contributed by atoms with Crippen LogP contribution in [0.3, 0.4) is 0 Å². The van der Waals surface area contributed by atoms with Gasteiger partial charge in [0.1, 0.15) is 0 Å². The monoisotopic (exact) mass is 306 g/mol. The zero-order valence-electron chi connectivity index (χ0n) is 12.0. The summed E-state index contributed by atoms with van der Waals surface area (Å²) < 4.78 is 2.03. The van der Waals surface area contributed by atoms with Crippen LogP contribution >= 0.6 is 11.6 Å². The average Bonchev–Trinajstić information content (AvgIpc) is 3.00. The molecule has 1 amide bonds. The zero-order chi connectivity index (χ0) is 15.1. The molecule has 2 rings (SSSR count). The number of benzene rings is 1. The lowest BCUT2D eigenvalue weighted by molar-refractivity contribution is 0.0953. The number of nitrogens with zero attached hydrogens (tertiary/aromatic N) is 2. The molecule has 0 radical (unpaired) electrons. The van der Waals surface area contributed by atoms with E-state index in [4.69, 9.17) is 11.6 Å². The average molecular weight is 307 g/mol. The highest BCUT2D eigenvalue weighted by Gasteiger charge is 2.10. The van der Waals surface area contributed by atoms with Gasteiger partial charge in [-0.3, -0.25) is 4.79 Å². The number of hydrogen-bond donors (Lipinski definition) is 2. The predicted octanol–water partition coefficient (Wildman–Crippen LogP) is 2.79. The third-order valence-electron chi connectivity index (χ3n) is 3.18. The Bertz CT molecular complexity index is 583. The van der Waals surface area contributed by atoms with Gasteiger partial charge in [-0.1, -0.05) is 11.6 Å². The molecule has 0 aliphatic heterocycles. The lowest BCUT2D eigenvalue weighted by atomic mass is 10.1. The first kappa shape index (κ1) is 15.4. The Kier molecular flexibility index (Phi) is 5.63. The molecule has 0 saturated carbocycles. The Hall–Kier alpha value is -2.01. The highest BCUT2D eigenvalue weighted by atomic mass is 35.5. The van der Waals surface area contributed by atoms with Crippen molar-refractivity contribution in [1.29, 1.82) is 0 Å². The minimum absolute atomic E-state index is 0.107. The van der Waals surface area contributed by atoms with Crippen LogP contribution in [0.25, 0.3) is 0 Å². The largest absolute Gasteiger partial charge is 0.387 e. The molecule has 1 heterocycles. The van der Waals surface area contributed by atoms with E-state index in [1.807, 2.05) is 10.8 Å². The van der Waals surface area contributed by atoms with Gasteiger partial charge >= 0.3 is 0 Å². The van der Waals surface area contributed by atoms with Crippen LogP contribution in [0.15, 0.2) is 36.9 Å². The Labute approximate surface area is 129 Å². The van der Waals surface area contributed by atoms with Crippen LogP contribution < -0.4 is 10.6 Å². The SMILES string of the molecule is CNc1ccc(Cl)cc1C(=O)NCCCCn1ccnc1. The number of rotatable bonds is 7. The number of anilines is 1. The second kappa shape index (κ2) is 7.69. The fourth-order valence-electron chi connectivity index (χ4n) is 2.06. The van der Waals surface area contributed by atoms with E-state index in [1.165, 1.54) is 0 Å². The first-order chi connectivity index (χ1) is 10.2. The minimum Gasteiger partial charge on any atom is -0.387 e. The van der Waals surface area contributed by atoms with Crippen LogP contribution in [0.5, 0.6) is 0 Å². The Balaban J connectivity index is 1.78. The maximum atomic E-state index is 12.1. The van der Waals surface area contributed by atoms with Gasteiger partial charge in [0.25, 0.3) is 5.91 Å². The first-order valence-electron chi connectivity index (χ1n) is 6.92. The molecule has 0 unspecified atom stereocenters. The zero-order valence-corrected chi connectivity index (χ0v) is 12.7. The van der Waals surface area contributed by atoms with Crippen molar-refractivity contribution >= 4 is 23.2 Å². The summed E-state index contributed by atoms with van der Waals surface area (Å²) in [6.07, 6.45) is 7.40. The van der Waals surface area contributed by atoms with Crippen LogP contribution in [-0.4, -0.2) is 29.1 Å². The number of carbonyl (C=O) groups is 1. The molecule has 1 aromatic heterocycles. The fourth-order valence-corrected chi connectivity index (χ4v) is 2.23. The number of hydrogen-bond acceptors (Lipinski definition) is 3. The molecule has 0 fully saturated rings. The van der Waals surface area contributed by atoms with Gasteiger partial charge < -0.3 is 15.2 Å². The van der Waals surface area contributed by atoms with Crippen molar-refractivity contribution in [2.24, 2.45) is 0 Å². The molecule has 0 atom stereocenters. The number of nitrogens with one attached hydrogen (secondary N) is 2. The third kappa shape index (κ3) is 4.49. The molecule has 0 saturated heterocycles. The van der Waals surface area contributed by atoms with Crippen molar-refractivity contribution in [1.82, 2.24) is 14.9 Å². The molecule has 0 spiro atoms. The lowest BCUT2D eigenvalue weighted by Crippen LogP contribution is -2.25. The van der Waals surface area contributed by atoms with E-state index in [1.54, 1.807) is 37.8 Å². The molecular formula is C15H19ClN4O. The van der Waals surface area contributed by atoms with Crippen molar-refractivity contribution < 1.29 is 4.79 Å². The summed E-state index contributed by atoms with van der Waals surface area (Å²) in [7, 11) is 1.78. The maximum Gasteiger partial charge on any atom is 0.253 e. The topological polar surface area (TPSA) is 59.0 Å². The van der Waals surface area contributed by atoms with Crippen molar-refractivity contribution in [3.05, 3.63) is 47.5 Å². The van der Waals surface area contributed by atoms with E-state index >= 15 is 0 Å². The Morgan fingerprint density at radius 2 is 2.24 bits per heavy atom. The van der Waals surface area contributed by atoms with Crippen molar-refractivity contribution in [2.75, 3.05) is 18.9 Å². The van der Waals surface area contributed by atoms with Gasteiger partial charge in [-0.15, -0.1) is 0 Å². The molecule has 6 heteroatoms. The summed E-state index contributed by atoms with van der Waals surface area (Å²) in [5.74, 6) is -0.107. The van der Waals surface area contributed by atoms with Crippen LogP contribution in [-0.2, 0) is 6.54 Å². The van der Waals surface area contributed by atoms with Crippen molar-refractivity contribution in [3.8, 4) is 0 Å². The summed E-state index contributed by atoms with van der Waals surface area (Å²) in [5, 5.41) is 6.47. The molecule has 2 N–H and O–H groups in total. The number of carbonyl (C=O) groups excluding carboxylic acids is 1. The highest BCUT2D eigenvalue weighted by Crippen LogP contribution is 2.20. The summed E-state index contributed by atoms with van der Waals surface area (Å²) in [6.45, 7) is 1.55.